The quantitative estimate of drug-likeness (QED) is 0.707. The van der Waals surface area contributed by atoms with Gasteiger partial charge >= 0.3 is 0 Å². The zero-order valence-electron chi connectivity index (χ0n) is 13.1. The second-order valence-electron chi connectivity index (χ2n) is 5.74. The SMILES string of the molecule is Clc1ccc(C=NN2CCN(Cc3ccccc3Cl)CC2)cc1Cl. The van der Waals surface area contributed by atoms with Gasteiger partial charge in [-0.1, -0.05) is 59.1 Å². The van der Waals surface area contributed by atoms with Crippen LogP contribution in [0.1, 0.15) is 11.1 Å². The molecule has 1 aliphatic heterocycles. The second-order valence-corrected chi connectivity index (χ2v) is 6.96. The molecule has 0 spiro atoms. The lowest BCUT2D eigenvalue weighted by Crippen LogP contribution is -2.43. The third-order valence-electron chi connectivity index (χ3n) is 4.01. The van der Waals surface area contributed by atoms with Gasteiger partial charge in [-0.15, -0.1) is 0 Å². The summed E-state index contributed by atoms with van der Waals surface area (Å²) in [6.07, 6.45) is 1.83. The Hall–Kier alpha value is -1.26. The van der Waals surface area contributed by atoms with E-state index in [9.17, 15) is 0 Å². The van der Waals surface area contributed by atoms with E-state index in [-0.39, 0.29) is 0 Å². The number of rotatable bonds is 4. The maximum atomic E-state index is 6.23. The first-order chi connectivity index (χ1) is 11.6. The third kappa shape index (κ3) is 4.64. The fourth-order valence-electron chi connectivity index (χ4n) is 2.62. The molecule has 0 radical (unpaired) electrons. The highest BCUT2D eigenvalue weighted by Crippen LogP contribution is 2.22. The standard InChI is InChI=1S/C18H18Cl3N3/c19-16-4-2-1-3-15(16)13-23-7-9-24(10-8-23)22-12-14-5-6-17(20)18(21)11-14/h1-6,11-12H,7-10,13H2. The highest BCUT2D eigenvalue weighted by Gasteiger charge is 2.16. The van der Waals surface area contributed by atoms with Crippen molar-refractivity contribution in [1.82, 2.24) is 9.91 Å². The Balaban J connectivity index is 1.52. The summed E-state index contributed by atoms with van der Waals surface area (Å²) in [4.78, 5) is 2.40. The van der Waals surface area contributed by atoms with E-state index in [1.165, 1.54) is 5.56 Å². The summed E-state index contributed by atoms with van der Waals surface area (Å²) in [7, 11) is 0. The number of halogens is 3. The van der Waals surface area contributed by atoms with E-state index in [4.69, 9.17) is 34.8 Å². The van der Waals surface area contributed by atoms with E-state index in [1.54, 1.807) is 6.07 Å². The highest BCUT2D eigenvalue weighted by atomic mass is 35.5. The molecule has 1 saturated heterocycles. The Morgan fingerprint density at radius 1 is 0.875 bits per heavy atom. The van der Waals surface area contributed by atoms with E-state index >= 15 is 0 Å². The van der Waals surface area contributed by atoms with Crippen LogP contribution in [0.25, 0.3) is 0 Å². The highest BCUT2D eigenvalue weighted by molar-refractivity contribution is 6.42. The van der Waals surface area contributed by atoms with Crippen molar-refractivity contribution in [2.24, 2.45) is 5.10 Å². The van der Waals surface area contributed by atoms with Gasteiger partial charge in [-0.25, -0.2) is 0 Å². The molecule has 2 aromatic carbocycles. The molecule has 1 heterocycles. The van der Waals surface area contributed by atoms with Gasteiger partial charge in [-0.2, -0.15) is 5.10 Å². The summed E-state index contributed by atoms with van der Waals surface area (Å²) >= 11 is 18.2. The molecule has 0 bridgehead atoms. The predicted octanol–water partition coefficient (Wildman–Crippen LogP) is 4.80. The summed E-state index contributed by atoms with van der Waals surface area (Å²) < 4.78 is 0. The largest absolute Gasteiger partial charge is 0.295 e. The lowest BCUT2D eigenvalue weighted by molar-refractivity contribution is 0.131. The van der Waals surface area contributed by atoms with Crippen molar-refractivity contribution in [3.05, 3.63) is 68.7 Å². The minimum atomic E-state index is 0.546. The molecule has 0 unspecified atom stereocenters. The minimum absolute atomic E-state index is 0.546. The molecule has 2 aromatic rings. The molecule has 3 nitrogen and oxygen atoms in total. The van der Waals surface area contributed by atoms with Crippen LogP contribution in [-0.4, -0.2) is 42.3 Å². The van der Waals surface area contributed by atoms with Crippen LogP contribution in [-0.2, 0) is 6.54 Å². The summed E-state index contributed by atoms with van der Waals surface area (Å²) in [5.74, 6) is 0. The van der Waals surface area contributed by atoms with Crippen LogP contribution < -0.4 is 0 Å². The van der Waals surface area contributed by atoms with Crippen molar-refractivity contribution in [3.8, 4) is 0 Å². The van der Waals surface area contributed by atoms with E-state index in [0.29, 0.717) is 10.0 Å². The topological polar surface area (TPSA) is 18.8 Å². The molecule has 1 aliphatic rings. The molecule has 0 atom stereocenters. The predicted molar refractivity (Wildman–Crippen MR) is 102 cm³/mol. The molecule has 126 valence electrons. The summed E-state index contributed by atoms with van der Waals surface area (Å²) in [5.41, 5.74) is 2.12. The van der Waals surface area contributed by atoms with Crippen molar-refractivity contribution >= 4 is 41.0 Å². The molecule has 0 aliphatic carbocycles. The van der Waals surface area contributed by atoms with Crippen molar-refractivity contribution in [1.29, 1.82) is 0 Å². The van der Waals surface area contributed by atoms with E-state index in [0.717, 1.165) is 43.3 Å². The number of nitrogens with zero attached hydrogens (tertiary/aromatic N) is 3. The van der Waals surface area contributed by atoms with Crippen LogP contribution in [0.15, 0.2) is 47.6 Å². The van der Waals surface area contributed by atoms with Crippen LogP contribution in [0.2, 0.25) is 15.1 Å². The van der Waals surface area contributed by atoms with Crippen molar-refractivity contribution in [2.75, 3.05) is 26.2 Å². The third-order valence-corrected chi connectivity index (χ3v) is 5.12. The Morgan fingerprint density at radius 2 is 1.62 bits per heavy atom. The van der Waals surface area contributed by atoms with Crippen molar-refractivity contribution in [2.45, 2.75) is 6.54 Å². The van der Waals surface area contributed by atoms with Gasteiger partial charge in [-0.3, -0.25) is 9.91 Å². The van der Waals surface area contributed by atoms with Gasteiger partial charge in [0.1, 0.15) is 0 Å². The molecule has 0 saturated carbocycles. The number of hydrazone groups is 1. The molecular formula is C18H18Cl3N3. The second kappa shape index (κ2) is 8.21. The van der Waals surface area contributed by atoms with Crippen LogP contribution in [0.3, 0.4) is 0 Å². The van der Waals surface area contributed by atoms with Crippen LogP contribution in [0.5, 0.6) is 0 Å². The van der Waals surface area contributed by atoms with Gasteiger partial charge in [0.25, 0.3) is 0 Å². The maximum absolute atomic E-state index is 6.23. The molecule has 6 heteroatoms. The zero-order chi connectivity index (χ0) is 16.9. The van der Waals surface area contributed by atoms with E-state index in [2.05, 4.69) is 21.1 Å². The monoisotopic (exact) mass is 381 g/mol. The molecule has 24 heavy (non-hydrogen) atoms. The molecule has 1 fully saturated rings. The summed E-state index contributed by atoms with van der Waals surface area (Å²) in [6.45, 7) is 4.59. The van der Waals surface area contributed by atoms with Crippen molar-refractivity contribution in [3.63, 3.8) is 0 Å². The van der Waals surface area contributed by atoms with Gasteiger partial charge in [0.2, 0.25) is 0 Å². The van der Waals surface area contributed by atoms with E-state index in [1.807, 2.05) is 36.5 Å². The van der Waals surface area contributed by atoms with Crippen LogP contribution in [0.4, 0.5) is 0 Å². The summed E-state index contributed by atoms with van der Waals surface area (Å²) in [5, 5.41) is 8.55. The first-order valence-electron chi connectivity index (χ1n) is 7.81. The minimum Gasteiger partial charge on any atom is -0.295 e. The molecular weight excluding hydrogens is 365 g/mol. The first kappa shape index (κ1) is 17.6. The number of benzene rings is 2. The van der Waals surface area contributed by atoms with Gasteiger partial charge in [0.15, 0.2) is 0 Å². The zero-order valence-corrected chi connectivity index (χ0v) is 15.4. The van der Waals surface area contributed by atoms with E-state index < -0.39 is 0 Å². The normalized spacial score (nSPS) is 16.0. The maximum Gasteiger partial charge on any atom is 0.0598 e. The average molecular weight is 383 g/mol. The van der Waals surface area contributed by atoms with Gasteiger partial charge in [0.05, 0.1) is 16.3 Å². The smallest absolute Gasteiger partial charge is 0.0598 e. The fraction of sp³-hybridized carbons (Fsp3) is 0.278. The lowest BCUT2D eigenvalue weighted by atomic mass is 10.2. The lowest BCUT2D eigenvalue weighted by Gasteiger charge is -2.33. The van der Waals surface area contributed by atoms with Gasteiger partial charge in [-0.05, 0) is 29.3 Å². The number of hydrogen-bond donors (Lipinski definition) is 0. The number of piperazine rings is 1. The first-order valence-corrected chi connectivity index (χ1v) is 8.95. The van der Waals surface area contributed by atoms with Crippen LogP contribution in [0, 0.1) is 0 Å². The van der Waals surface area contributed by atoms with Gasteiger partial charge in [0, 0.05) is 37.7 Å². The Morgan fingerprint density at radius 3 is 2.33 bits per heavy atom. The average Bonchev–Trinajstić information content (AvgIpc) is 2.59. The molecule has 0 N–H and O–H groups in total. The molecule has 3 rings (SSSR count). The fourth-order valence-corrected chi connectivity index (χ4v) is 3.12. The molecule has 0 aromatic heterocycles. The van der Waals surface area contributed by atoms with Gasteiger partial charge < -0.3 is 0 Å². The Labute approximate surface area is 157 Å². The van der Waals surface area contributed by atoms with Crippen LogP contribution >= 0.6 is 34.8 Å². The summed E-state index contributed by atoms with van der Waals surface area (Å²) in [6, 6.07) is 13.5. The number of hydrogen-bond acceptors (Lipinski definition) is 3. The Kier molecular flexibility index (Phi) is 6.01. The van der Waals surface area contributed by atoms with Crippen molar-refractivity contribution < 1.29 is 0 Å². The molecule has 0 amide bonds. The Bertz CT molecular complexity index is 725.